The van der Waals surface area contributed by atoms with Crippen LogP contribution in [0, 0.1) is 34.7 Å². The van der Waals surface area contributed by atoms with Crippen LogP contribution in [0.15, 0.2) is 18.2 Å². The number of nitrogens with one attached hydrogen (secondary N) is 1. The van der Waals surface area contributed by atoms with E-state index in [1.807, 2.05) is 6.92 Å². The highest BCUT2D eigenvalue weighted by Gasteiger charge is 2.62. The van der Waals surface area contributed by atoms with E-state index in [9.17, 15) is 26.7 Å². The predicted molar refractivity (Wildman–Crippen MR) is 99.8 cm³/mol. The molecule has 2 rings (SSSR count). The molecule has 0 aliphatic heterocycles. The molecule has 8 heteroatoms. The lowest BCUT2D eigenvalue weighted by Crippen LogP contribution is -2.15. The summed E-state index contributed by atoms with van der Waals surface area (Å²) in [5.74, 6) is -6.03. The van der Waals surface area contributed by atoms with Gasteiger partial charge in [-0.05, 0) is 17.9 Å². The van der Waals surface area contributed by atoms with Crippen molar-refractivity contribution in [3.05, 3.63) is 41.2 Å². The molecule has 0 spiro atoms. The van der Waals surface area contributed by atoms with Gasteiger partial charge in [-0.1, -0.05) is 40.0 Å². The molecule has 0 aromatic heterocycles. The van der Waals surface area contributed by atoms with Crippen molar-refractivity contribution in [2.45, 2.75) is 53.1 Å². The number of anilines is 1. The average Bonchev–Trinajstić information content (AvgIpc) is 3.17. The van der Waals surface area contributed by atoms with Gasteiger partial charge in [0.05, 0.1) is 17.2 Å². The van der Waals surface area contributed by atoms with Crippen LogP contribution < -0.4 is 5.32 Å². The van der Waals surface area contributed by atoms with Crippen molar-refractivity contribution in [2.24, 2.45) is 17.3 Å². The Hall–Kier alpha value is -2.12. The van der Waals surface area contributed by atoms with E-state index in [4.69, 9.17) is 4.74 Å². The van der Waals surface area contributed by atoms with Gasteiger partial charge >= 0.3 is 5.97 Å². The second-order valence-corrected chi connectivity index (χ2v) is 7.88. The fourth-order valence-electron chi connectivity index (χ4n) is 3.54. The van der Waals surface area contributed by atoms with Crippen molar-refractivity contribution in [2.75, 3.05) is 11.9 Å². The molecule has 0 radical (unpaired) electrons. The number of halogens is 5. The van der Waals surface area contributed by atoms with Crippen LogP contribution in [0.25, 0.3) is 0 Å². The summed E-state index contributed by atoms with van der Waals surface area (Å²) in [7, 11) is 0. The van der Waals surface area contributed by atoms with E-state index < -0.39 is 58.9 Å². The van der Waals surface area contributed by atoms with Gasteiger partial charge in [0.15, 0.2) is 11.6 Å². The van der Waals surface area contributed by atoms with E-state index in [1.54, 1.807) is 13.8 Å². The molecule has 162 valence electrons. The number of carbonyl (C=O) groups excluding carboxylic acids is 1. The molecule has 3 nitrogen and oxygen atoms in total. The van der Waals surface area contributed by atoms with Gasteiger partial charge in [0.25, 0.3) is 6.08 Å². The first-order valence-corrected chi connectivity index (χ1v) is 9.70. The van der Waals surface area contributed by atoms with Crippen LogP contribution in [-0.2, 0) is 16.1 Å². The molecule has 1 aliphatic carbocycles. The summed E-state index contributed by atoms with van der Waals surface area (Å²) in [5.41, 5.74) is -1.42. The maximum Gasteiger partial charge on any atom is 0.310 e. The standard InChI is InChI=1S/C21H26F5NO2/c1-4-5-6-7-8-27-19-12(18(26)14(22)10-15(19)23)11-29-20(28)17-13(9-16(24)25)21(17,2)3/h9-10,13,17,27H,4-8,11H2,1-3H3/t13-,17+/m1/s1. The number of unbranched alkanes of at least 4 members (excludes halogenated alkanes) is 3. The molecular weight excluding hydrogens is 393 g/mol. The summed E-state index contributed by atoms with van der Waals surface area (Å²) in [6.45, 7) is 4.96. The second-order valence-electron chi connectivity index (χ2n) is 7.88. The molecule has 1 saturated carbocycles. The van der Waals surface area contributed by atoms with Gasteiger partial charge < -0.3 is 10.1 Å². The zero-order valence-corrected chi connectivity index (χ0v) is 16.8. The fraction of sp³-hybridized carbons (Fsp3) is 0.571. The van der Waals surface area contributed by atoms with E-state index >= 15 is 0 Å². The zero-order chi connectivity index (χ0) is 21.8. The summed E-state index contributed by atoms with van der Waals surface area (Å²) in [4.78, 5) is 12.3. The van der Waals surface area contributed by atoms with Crippen LogP contribution >= 0.6 is 0 Å². The molecule has 0 amide bonds. The summed E-state index contributed by atoms with van der Waals surface area (Å²) >= 11 is 0. The van der Waals surface area contributed by atoms with Gasteiger partial charge in [0, 0.05) is 18.5 Å². The average molecular weight is 419 g/mol. The van der Waals surface area contributed by atoms with Gasteiger partial charge in [0.2, 0.25) is 0 Å². The lowest BCUT2D eigenvalue weighted by atomic mass is 10.1. The van der Waals surface area contributed by atoms with Crippen molar-refractivity contribution in [1.29, 1.82) is 0 Å². The Labute approximate surface area is 167 Å². The number of hydrogen-bond donors (Lipinski definition) is 1. The molecule has 1 aromatic rings. The van der Waals surface area contributed by atoms with Crippen molar-refractivity contribution < 1.29 is 31.5 Å². The molecule has 1 aliphatic rings. The fourth-order valence-corrected chi connectivity index (χ4v) is 3.54. The van der Waals surface area contributed by atoms with Gasteiger partial charge in [-0.25, -0.2) is 13.2 Å². The van der Waals surface area contributed by atoms with Gasteiger partial charge in [0.1, 0.15) is 12.4 Å². The highest BCUT2D eigenvalue weighted by Crippen LogP contribution is 2.60. The molecule has 0 heterocycles. The third-order valence-electron chi connectivity index (χ3n) is 5.43. The van der Waals surface area contributed by atoms with Gasteiger partial charge in [-0.15, -0.1) is 0 Å². The van der Waals surface area contributed by atoms with Crippen LogP contribution in [0.4, 0.5) is 27.6 Å². The third kappa shape index (κ3) is 5.48. The van der Waals surface area contributed by atoms with Crippen LogP contribution in [-0.4, -0.2) is 12.5 Å². The van der Waals surface area contributed by atoms with Crippen LogP contribution in [0.1, 0.15) is 52.0 Å². The summed E-state index contributed by atoms with van der Waals surface area (Å²) in [5, 5.41) is 2.75. The van der Waals surface area contributed by atoms with Crippen molar-refractivity contribution >= 4 is 11.7 Å². The van der Waals surface area contributed by atoms with Crippen LogP contribution in [0.3, 0.4) is 0 Å². The topological polar surface area (TPSA) is 38.3 Å². The molecule has 29 heavy (non-hydrogen) atoms. The molecule has 0 bridgehead atoms. The van der Waals surface area contributed by atoms with E-state index in [0.29, 0.717) is 25.1 Å². The SMILES string of the molecule is CCCCCCNc1c(F)cc(F)c(F)c1COC(=O)[C@@H]1[C@@H](C=C(F)F)C1(C)C. The number of benzene rings is 1. The molecule has 0 saturated heterocycles. The first-order valence-electron chi connectivity index (χ1n) is 9.70. The van der Waals surface area contributed by atoms with E-state index in [0.717, 1.165) is 19.3 Å². The minimum Gasteiger partial charge on any atom is -0.460 e. The number of carbonyl (C=O) groups is 1. The van der Waals surface area contributed by atoms with Gasteiger partial charge in [-0.3, -0.25) is 4.79 Å². The normalized spacial score (nSPS) is 19.6. The first kappa shape index (κ1) is 23.2. The Balaban J connectivity index is 2.09. The highest BCUT2D eigenvalue weighted by atomic mass is 19.3. The van der Waals surface area contributed by atoms with Crippen molar-refractivity contribution in [1.82, 2.24) is 0 Å². The number of esters is 1. The maximum absolute atomic E-state index is 14.3. The van der Waals surface area contributed by atoms with Crippen LogP contribution in [0.5, 0.6) is 0 Å². The number of allylic oxidation sites excluding steroid dienone is 1. The smallest absolute Gasteiger partial charge is 0.310 e. The minimum absolute atomic E-state index is 0.255. The first-order chi connectivity index (χ1) is 13.6. The summed E-state index contributed by atoms with van der Waals surface area (Å²) in [6, 6.07) is 0.434. The van der Waals surface area contributed by atoms with Crippen molar-refractivity contribution in [3.8, 4) is 0 Å². The third-order valence-corrected chi connectivity index (χ3v) is 5.43. The largest absolute Gasteiger partial charge is 0.460 e. The number of hydrogen-bond acceptors (Lipinski definition) is 3. The monoisotopic (exact) mass is 419 g/mol. The Morgan fingerprint density at radius 3 is 2.48 bits per heavy atom. The second kappa shape index (κ2) is 9.59. The molecule has 1 fully saturated rings. The van der Waals surface area contributed by atoms with Gasteiger partial charge in [-0.2, -0.15) is 8.78 Å². The Morgan fingerprint density at radius 2 is 1.86 bits per heavy atom. The lowest BCUT2D eigenvalue weighted by molar-refractivity contribution is -0.147. The Bertz CT molecular complexity index is 775. The van der Waals surface area contributed by atoms with E-state index in [2.05, 4.69) is 5.32 Å². The zero-order valence-electron chi connectivity index (χ0n) is 16.8. The Morgan fingerprint density at radius 1 is 1.17 bits per heavy atom. The predicted octanol–water partition coefficient (Wildman–Crippen LogP) is 6.19. The number of ether oxygens (including phenoxy) is 1. The number of rotatable bonds is 10. The van der Waals surface area contributed by atoms with Crippen molar-refractivity contribution in [3.63, 3.8) is 0 Å². The maximum atomic E-state index is 14.3. The molecule has 1 aromatic carbocycles. The molecule has 0 unspecified atom stereocenters. The molecular formula is C21H26F5NO2. The Kier molecular flexibility index (Phi) is 7.66. The summed E-state index contributed by atoms with van der Waals surface area (Å²) in [6.07, 6.45) is 2.42. The highest BCUT2D eigenvalue weighted by molar-refractivity contribution is 5.78. The molecule has 1 N–H and O–H groups in total. The van der Waals surface area contributed by atoms with E-state index in [-0.39, 0.29) is 5.69 Å². The lowest BCUT2D eigenvalue weighted by Gasteiger charge is -2.15. The minimum atomic E-state index is -1.90. The molecule has 2 atom stereocenters. The van der Waals surface area contributed by atoms with E-state index in [1.165, 1.54) is 0 Å². The quantitative estimate of drug-likeness (QED) is 0.213. The summed E-state index contributed by atoms with van der Waals surface area (Å²) < 4.78 is 72.2. The van der Waals surface area contributed by atoms with Crippen LogP contribution in [0.2, 0.25) is 0 Å².